The molecule has 3 heteroatoms. The Morgan fingerprint density at radius 2 is 1.68 bits per heavy atom. The standard InChI is InChI=1S/C19H20FNO/c1-12(2)17-18(13-8-10-14(20)11-9-13)15-6-4-5-7-16(15)21(3)19(17)22/h4-12,17-18H,1-3H3. The van der Waals surface area contributed by atoms with Gasteiger partial charge in [0.1, 0.15) is 5.82 Å². The maximum absolute atomic E-state index is 13.3. The number of fused-ring (bicyclic) bond motifs is 1. The number of rotatable bonds is 2. The summed E-state index contributed by atoms with van der Waals surface area (Å²) in [5, 5.41) is 0. The number of hydrogen-bond acceptors (Lipinski definition) is 1. The minimum absolute atomic E-state index is 0.0273. The molecule has 1 heterocycles. The molecule has 2 unspecified atom stereocenters. The van der Waals surface area contributed by atoms with Gasteiger partial charge in [0.2, 0.25) is 5.91 Å². The van der Waals surface area contributed by atoms with E-state index in [1.165, 1.54) is 12.1 Å². The molecule has 22 heavy (non-hydrogen) atoms. The van der Waals surface area contributed by atoms with Crippen molar-refractivity contribution in [2.45, 2.75) is 19.8 Å². The van der Waals surface area contributed by atoms with Crippen molar-refractivity contribution in [3.05, 3.63) is 65.5 Å². The fourth-order valence-corrected chi connectivity index (χ4v) is 3.46. The Morgan fingerprint density at radius 3 is 2.32 bits per heavy atom. The third-order valence-corrected chi connectivity index (χ3v) is 4.56. The van der Waals surface area contributed by atoms with Crippen LogP contribution in [0.25, 0.3) is 0 Å². The molecule has 1 amide bonds. The average Bonchev–Trinajstić information content (AvgIpc) is 2.51. The van der Waals surface area contributed by atoms with E-state index in [9.17, 15) is 9.18 Å². The van der Waals surface area contributed by atoms with Crippen molar-refractivity contribution < 1.29 is 9.18 Å². The summed E-state index contributed by atoms with van der Waals surface area (Å²) in [5.74, 6) is -0.0790. The van der Waals surface area contributed by atoms with Gasteiger partial charge in [0, 0.05) is 18.7 Å². The predicted octanol–water partition coefficient (Wildman–Crippen LogP) is 4.21. The minimum Gasteiger partial charge on any atom is -0.315 e. The highest BCUT2D eigenvalue weighted by atomic mass is 19.1. The minimum atomic E-state index is -0.252. The number of halogens is 1. The van der Waals surface area contributed by atoms with Crippen molar-refractivity contribution >= 4 is 11.6 Å². The SMILES string of the molecule is CC(C)C1C(=O)N(C)c2ccccc2C1c1ccc(F)cc1. The van der Waals surface area contributed by atoms with Crippen molar-refractivity contribution in [1.29, 1.82) is 0 Å². The third kappa shape index (κ3) is 2.31. The highest BCUT2D eigenvalue weighted by molar-refractivity contribution is 5.99. The van der Waals surface area contributed by atoms with E-state index in [4.69, 9.17) is 0 Å². The van der Waals surface area contributed by atoms with Crippen LogP contribution < -0.4 is 4.90 Å². The number of para-hydroxylation sites is 1. The molecule has 2 nitrogen and oxygen atoms in total. The van der Waals surface area contributed by atoms with E-state index >= 15 is 0 Å². The monoisotopic (exact) mass is 297 g/mol. The smallest absolute Gasteiger partial charge is 0.231 e. The molecule has 0 bridgehead atoms. The Hall–Kier alpha value is -2.16. The van der Waals surface area contributed by atoms with Gasteiger partial charge in [0.25, 0.3) is 0 Å². The second-order valence-corrected chi connectivity index (χ2v) is 6.26. The van der Waals surface area contributed by atoms with Gasteiger partial charge in [-0.2, -0.15) is 0 Å². The van der Waals surface area contributed by atoms with Crippen LogP contribution in [0.1, 0.15) is 30.9 Å². The van der Waals surface area contributed by atoms with Crippen LogP contribution >= 0.6 is 0 Å². The molecule has 2 atom stereocenters. The molecule has 0 spiro atoms. The molecule has 1 aliphatic rings. The zero-order valence-electron chi connectivity index (χ0n) is 13.1. The van der Waals surface area contributed by atoms with Gasteiger partial charge in [0.15, 0.2) is 0 Å². The van der Waals surface area contributed by atoms with E-state index in [-0.39, 0.29) is 29.5 Å². The van der Waals surface area contributed by atoms with Crippen molar-refractivity contribution in [1.82, 2.24) is 0 Å². The molecule has 2 aromatic rings. The topological polar surface area (TPSA) is 20.3 Å². The second kappa shape index (κ2) is 5.56. The van der Waals surface area contributed by atoms with Gasteiger partial charge < -0.3 is 4.90 Å². The van der Waals surface area contributed by atoms with Crippen LogP contribution in [0.3, 0.4) is 0 Å². The summed E-state index contributed by atoms with van der Waals surface area (Å²) in [4.78, 5) is 14.6. The normalized spacial score (nSPS) is 21.1. The lowest BCUT2D eigenvalue weighted by molar-refractivity contribution is -0.124. The molecule has 0 fully saturated rings. The Labute approximate surface area is 130 Å². The number of amides is 1. The number of nitrogens with zero attached hydrogens (tertiary/aromatic N) is 1. The quantitative estimate of drug-likeness (QED) is 0.813. The first-order chi connectivity index (χ1) is 10.5. The Bertz CT molecular complexity index is 693. The van der Waals surface area contributed by atoms with Crippen LogP contribution in [0.4, 0.5) is 10.1 Å². The number of carbonyl (C=O) groups is 1. The maximum atomic E-state index is 13.3. The number of benzene rings is 2. The van der Waals surface area contributed by atoms with Crippen LogP contribution in [0.5, 0.6) is 0 Å². The van der Waals surface area contributed by atoms with Crippen molar-refractivity contribution in [2.24, 2.45) is 11.8 Å². The lowest BCUT2D eigenvalue weighted by atomic mass is 9.72. The van der Waals surface area contributed by atoms with Gasteiger partial charge in [-0.1, -0.05) is 44.2 Å². The first kappa shape index (κ1) is 14.8. The molecular weight excluding hydrogens is 277 g/mol. The predicted molar refractivity (Wildman–Crippen MR) is 86.4 cm³/mol. The largest absolute Gasteiger partial charge is 0.315 e. The first-order valence-corrected chi connectivity index (χ1v) is 7.62. The summed E-state index contributed by atoms with van der Waals surface area (Å²) in [5.41, 5.74) is 3.07. The molecule has 0 aliphatic carbocycles. The van der Waals surface area contributed by atoms with Gasteiger partial charge in [-0.15, -0.1) is 0 Å². The number of hydrogen-bond donors (Lipinski definition) is 0. The van der Waals surface area contributed by atoms with Gasteiger partial charge in [-0.05, 0) is 35.2 Å². The molecule has 2 aromatic carbocycles. The third-order valence-electron chi connectivity index (χ3n) is 4.56. The maximum Gasteiger partial charge on any atom is 0.231 e. The lowest BCUT2D eigenvalue weighted by Crippen LogP contribution is -2.43. The van der Waals surface area contributed by atoms with E-state index in [0.29, 0.717) is 0 Å². The molecule has 3 rings (SSSR count). The molecule has 0 saturated carbocycles. The van der Waals surface area contributed by atoms with Crippen LogP contribution in [0, 0.1) is 17.7 Å². The first-order valence-electron chi connectivity index (χ1n) is 7.62. The van der Waals surface area contributed by atoms with Crippen LogP contribution in [-0.2, 0) is 4.79 Å². The Kier molecular flexibility index (Phi) is 3.73. The van der Waals surface area contributed by atoms with Crippen molar-refractivity contribution in [2.75, 3.05) is 11.9 Å². The highest BCUT2D eigenvalue weighted by Gasteiger charge is 2.41. The molecular formula is C19H20FNO. The van der Waals surface area contributed by atoms with Crippen molar-refractivity contribution in [3.8, 4) is 0 Å². The van der Waals surface area contributed by atoms with E-state index in [1.54, 1.807) is 17.0 Å². The van der Waals surface area contributed by atoms with E-state index in [1.807, 2.05) is 25.2 Å². The molecule has 0 aromatic heterocycles. The number of anilines is 1. The summed E-state index contributed by atoms with van der Waals surface area (Å²) in [7, 11) is 1.83. The fraction of sp³-hybridized carbons (Fsp3) is 0.316. The van der Waals surface area contributed by atoms with E-state index in [0.717, 1.165) is 16.8 Å². The van der Waals surface area contributed by atoms with Gasteiger partial charge in [0.05, 0.1) is 5.92 Å². The number of carbonyl (C=O) groups excluding carboxylic acids is 1. The van der Waals surface area contributed by atoms with Crippen molar-refractivity contribution in [3.63, 3.8) is 0 Å². The Balaban J connectivity index is 2.20. The Morgan fingerprint density at radius 1 is 1.05 bits per heavy atom. The second-order valence-electron chi connectivity index (χ2n) is 6.26. The molecule has 0 radical (unpaired) electrons. The zero-order chi connectivity index (χ0) is 15.9. The van der Waals surface area contributed by atoms with Crippen LogP contribution in [0.15, 0.2) is 48.5 Å². The summed E-state index contributed by atoms with van der Waals surface area (Å²) in [6, 6.07) is 14.5. The van der Waals surface area contributed by atoms with E-state index in [2.05, 4.69) is 19.9 Å². The zero-order valence-corrected chi connectivity index (χ0v) is 13.1. The van der Waals surface area contributed by atoms with E-state index < -0.39 is 0 Å². The summed E-state index contributed by atoms with van der Waals surface area (Å²) < 4.78 is 13.3. The molecule has 0 N–H and O–H groups in total. The van der Waals surface area contributed by atoms with Crippen LogP contribution in [-0.4, -0.2) is 13.0 Å². The summed E-state index contributed by atoms with van der Waals surface area (Å²) in [6.07, 6.45) is 0. The fourth-order valence-electron chi connectivity index (χ4n) is 3.46. The van der Waals surface area contributed by atoms with Crippen LogP contribution in [0.2, 0.25) is 0 Å². The summed E-state index contributed by atoms with van der Waals surface area (Å²) >= 11 is 0. The average molecular weight is 297 g/mol. The molecule has 1 aliphatic heterocycles. The van der Waals surface area contributed by atoms with Gasteiger partial charge in [-0.3, -0.25) is 4.79 Å². The molecule has 0 saturated heterocycles. The lowest BCUT2D eigenvalue weighted by Gasteiger charge is -2.40. The van der Waals surface area contributed by atoms with Gasteiger partial charge in [-0.25, -0.2) is 4.39 Å². The summed E-state index contributed by atoms with van der Waals surface area (Å²) in [6.45, 7) is 4.14. The molecule has 114 valence electrons. The van der Waals surface area contributed by atoms with Gasteiger partial charge >= 0.3 is 0 Å². The highest BCUT2D eigenvalue weighted by Crippen LogP contribution is 2.45.